The normalized spacial score (nSPS) is 13.8. The van der Waals surface area contributed by atoms with Crippen molar-refractivity contribution in [3.8, 4) is 40.0 Å². The molecule has 1 fully saturated rings. The SMILES string of the molecule is Cc1nnc(-c2ccc(-c3cc(-c4cc(C#N)c(N5CCNCC5)n4OC(=O)C(F)(F)F)ccn3)cc2)o1. The van der Waals surface area contributed by atoms with Gasteiger partial charge in [-0.3, -0.25) is 4.98 Å². The number of nitriles is 1. The molecular formula is C25H20F3N7O3. The summed E-state index contributed by atoms with van der Waals surface area (Å²) in [4.78, 5) is 22.8. The zero-order valence-electron chi connectivity index (χ0n) is 20.0. The van der Waals surface area contributed by atoms with Gasteiger partial charge in [0.15, 0.2) is 5.82 Å². The van der Waals surface area contributed by atoms with Crippen LogP contribution in [0.2, 0.25) is 0 Å². The molecule has 13 heteroatoms. The second-order valence-corrected chi connectivity index (χ2v) is 8.42. The highest BCUT2D eigenvalue weighted by atomic mass is 19.4. The molecule has 1 saturated heterocycles. The fourth-order valence-corrected chi connectivity index (χ4v) is 4.11. The summed E-state index contributed by atoms with van der Waals surface area (Å²) in [5, 5.41) is 20.7. The predicted molar refractivity (Wildman–Crippen MR) is 129 cm³/mol. The third-order valence-electron chi connectivity index (χ3n) is 5.89. The van der Waals surface area contributed by atoms with E-state index in [9.17, 15) is 23.2 Å². The average molecular weight is 523 g/mol. The Morgan fingerprint density at radius 3 is 2.42 bits per heavy atom. The van der Waals surface area contributed by atoms with Gasteiger partial charge in [-0.1, -0.05) is 12.1 Å². The Kier molecular flexibility index (Phi) is 6.56. The summed E-state index contributed by atoms with van der Waals surface area (Å²) in [6.45, 7) is 3.62. The van der Waals surface area contributed by atoms with Gasteiger partial charge >= 0.3 is 12.1 Å². The molecule has 0 aliphatic carbocycles. The monoisotopic (exact) mass is 523 g/mol. The predicted octanol–water partition coefficient (Wildman–Crippen LogP) is 3.37. The fraction of sp³-hybridized carbons (Fsp3) is 0.240. The van der Waals surface area contributed by atoms with Crippen LogP contribution in [0.3, 0.4) is 0 Å². The first-order chi connectivity index (χ1) is 18.2. The van der Waals surface area contributed by atoms with Gasteiger partial charge in [0.2, 0.25) is 11.8 Å². The molecule has 4 aromatic rings. The first-order valence-electron chi connectivity index (χ1n) is 11.5. The van der Waals surface area contributed by atoms with Crippen LogP contribution >= 0.6 is 0 Å². The number of alkyl halides is 3. The molecule has 0 atom stereocenters. The van der Waals surface area contributed by atoms with E-state index in [1.54, 1.807) is 48.2 Å². The number of nitrogens with zero attached hydrogens (tertiary/aromatic N) is 6. The molecule has 1 aliphatic heterocycles. The zero-order valence-corrected chi connectivity index (χ0v) is 20.0. The van der Waals surface area contributed by atoms with E-state index < -0.39 is 12.1 Å². The van der Waals surface area contributed by atoms with Crippen LogP contribution < -0.4 is 15.1 Å². The Bertz CT molecular complexity index is 1510. The second-order valence-electron chi connectivity index (χ2n) is 8.42. The molecule has 0 unspecified atom stereocenters. The van der Waals surface area contributed by atoms with Gasteiger partial charge in [-0.15, -0.1) is 10.2 Å². The van der Waals surface area contributed by atoms with Crippen molar-refractivity contribution in [3.05, 3.63) is 60.1 Å². The summed E-state index contributed by atoms with van der Waals surface area (Å²) in [6.07, 6.45) is -3.74. The van der Waals surface area contributed by atoms with Crippen LogP contribution in [0, 0.1) is 18.3 Å². The smallest absolute Gasteiger partial charge is 0.421 e. The summed E-state index contributed by atoms with van der Waals surface area (Å²) >= 11 is 0. The number of halogens is 3. The number of piperazine rings is 1. The molecule has 3 aromatic heterocycles. The van der Waals surface area contributed by atoms with Crippen LogP contribution in [0.15, 0.2) is 53.1 Å². The quantitative estimate of drug-likeness (QED) is 0.420. The topological polar surface area (TPSA) is 122 Å². The lowest BCUT2D eigenvalue weighted by Crippen LogP contribution is -2.45. The minimum atomic E-state index is -5.23. The Hall–Kier alpha value is -4.70. The lowest BCUT2D eigenvalue weighted by Gasteiger charge is -2.30. The molecule has 5 rings (SSSR count). The summed E-state index contributed by atoms with van der Waals surface area (Å²) in [6, 6.07) is 13.8. The highest BCUT2D eigenvalue weighted by molar-refractivity contribution is 5.79. The van der Waals surface area contributed by atoms with E-state index in [4.69, 9.17) is 9.25 Å². The lowest BCUT2D eigenvalue weighted by atomic mass is 10.1. The second kappa shape index (κ2) is 9.98. The first-order valence-corrected chi connectivity index (χ1v) is 11.5. The van der Waals surface area contributed by atoms with Gasteiger partial charge in [-0.25, -0.2) is 4.79 Å². The third kappa shape index (κ3) is 4.94. The van der Waals surface area contributed by atoms with Gasteiger partial charge in [0.1, 0.15) is 6.07 Å². The van der Waals surface area contributed by atoms with Gasteiger partial charge in [0.05, 0.1) is 17.0 Å². The minimum absolute atomic E-state index is 0.0782. The van der Waals surface area contributed by atoms with Gasteiger partial charge in [0, 0.05) is 56.0 Å². The van der Waals surface area contributed by atoms with Gasteiger partial charge in [-0.05, 0) is 30.3 Å². The number of benzene rings is 1. The highest BCUT2D eigenvalue weighted by Gasteiger charge is 2.43. The van der Waals surface area contributed by atoms with Gasteiger partial charge in [-0.2, -0.15) is 23.2 Å². The third-order valence-corrected chi connectivity index (χ3v) is 5.89. The number of pyridine rings is 1. The van der Waals surface area contributed by atoms with Crippen LogP contribution in [0.4, 0.5) is 19.0 Å². The van der Waals surface area contributed by atoms with E-state index in [-0.39, 0.29) is 17.1 Å². The van der Waals surface area contributed by atoms with Crippen molar-refractivity contribution in [3.63, 3.8) is 0 Å². The standard InChI is InChI=1S/C25H20F3N7O3/c1-15-32-33-22(37-15)17-4-2-16(3-5-17)20-12-18(6-7-31-20)21-13-19(14-29)23(34-10-8-30-9-11-34)35(21)38-24(36)25(26,27)28/h2-7,12-13,30H,8-11H2,1H3. The van der Waals surface area contributed by atoms with E-state index in [1.165, 1.54) is 12.3 Å². The molecular weight excluding hydrogens is 503 g/mol. The molecule has 1 N–H and O–H groups in total. The van der Waals surface area contributed by atoms with Crippen LogP contribution in [0.5, 0.6) is 0 Å². The van der Waals surface area contributed by atoms with Crippen molar-refractivity contribution in [1.82, 2.24) is 25.2 Å². The first kappa shape index (κ1) is 25.0. The number of anilines is 1. The highest BCUT2D eigenvalue weighted by Crippen LogP contribution is 2.34. The van der Waals surface area contributed by atoms with Gasteiger partial charge < -0.3 is 19.5 Å². The van der Waals surface area contributed by atoms with E-state index >= 15 is 0 Å². The number of nitrogens with one attached hydrogen (secondary N) is 1. The average Bonchev–Trinajstić information content (AvgIpc) is 3.52. The molecule has 194 valence electrons. The summed E-state index contributed by atoms with van der Waals surface area (Å²) < 4.78 is 45.7. The maximum absolute atomic E-state index is 13.2. The molecule has 1 aliphatic rings. The molecule has 1 aromatic carbocycles. The van der Waals surface area contributed by atoms with Crippen molar-refractivity contribution < 1.29 is 27.2 Å². The lowest BCUT2D eigenvalue weighted by molar-refractivity contribution is -0.199. The van der Waals surface area contributed by atoms with E-state index in [2.05, 4.69) is 20.5 Å². The molecule has 0 spiro atoms. The van der Waals surface area contributed by atoms with Crippen molar-refractivity contribution in [1.29, 1.82) is 5.26 Å². The molecule has 0 amide bonds. The molecule has 10 nitrogen and oxygen atoms in total. The number of rotatable bonds is 5. The summed E-state index contributed by atoms with van der Waals surface area (Å²) in [5.41, 5.74) is 2.51. The van der Waals surface area contributed by atoms with E-state index in [0.717, 1.165) is 4.73 Å². The Labute approximate surface area is 214 Å². The molecule has 0 saturated carbocycles. The Morgan fingerprint density at radius 2 is 1.79 bits per heavy atom. The zero-order chi connectivity index (χ0) is 26.9. The number of aryl methyl sites for hydroxylation is 1. The number of carbonyl (C=O) groups is 1. The van der Waals surface area contributed by atoms with E-state index in [1.807, 2.05) is 6.07 Å². The van der Waals surface area contributed by atoms with Crippen molar-refractivity contribution in [2.24, 2.45) is 0 Å². The Balaban J connectivity index is 1.56. The number of hydrogen-bond donors (Lipinski definition) is 1. The number of aromatic nitrogens is 4. The maximum Gasteiger partial charge on any atom is 0.493 e. The molecule has 38 heavy (non-hydrogen) atoms. The molecule has 0 bridgehead atoms. The van der Waals surface area contributed by atoms with Crippen LogP contribution in [0.25, 0.3) is 34.0 Å². The molecule has 0 radical (unpaired) electrons. The van der Waals surface area contributed by atoms with Crippen molar-refractivity contribution >= 4 is 11.8 Å². The number of carbonyl (C=O) groups excluding carboxylic acids is 1. The largest absolute Gasteiger partial charge is 0.493 e. The van der Waals surface area contributed by atoms with Gasteiger partial charge in [0.25, 0.3) is 0 Å². The fourth-order valence-electron chi connectivity index (χ4n) is 4.11. The molecule has 4 heterocycles. The Morgan fingerprint density at radius 1 is 1.08 bits per heavy atom. The van der Waals surface area contributed by atoms with E-state index in [0.29, 0.717) is 60.3 Å². The summed E-state index contributed by atoms with van der Waals surface area (Å²) in [7, 11) is 0. The number of hydrogen-bond acceptors (Lipinski definition) is 9. The maximum atomic E-state index is 13.2. The van der Waals surface area contributed by atoms with Crippen molar-refractivity contribution in [2.45, 2.75) is 13.1 Å². The van der Waals surface area contributed by atoms with Crippen molar-refractivity contribution in [2.75, 3.05) is 31.1 Å². The van der Waals surface area contributed by atoms with Crippen LogP contribution in [0.1, 0.15) is 11.5 Å². The minimum Gasteiger partial charge on any atom is -0.421 e. The summed E-state index contributed by atoms with van der Waals surface area (Å²) in [5.74, 6) is -1.51. The van der Waals surface area contributed by atoms with Crippen LogP contribution in [-0.4, -0.2) is 58.2 Å². The van der Waals surface area contributed by atoms with Crippen LogP contribution in [-0.2, 0) is 4.79 Å².